The first-order valence-electron chi connectivity index (χ1n) is 6.94. The van der Waals surface area contributed by atoms with Crippen LogP contribution in [0.1, 0.15) is 22.8 Å². The number of methoxy groups -OCH3 is 1. The minimum Gasteiger partial charge on any atom is -0.492 e. The van der Waals surface area contributed by atoms with Crippen LogP contribution in [-0.2, 0) is 11.2 Å². The van der Waals surface area contributed by atoms with Crippen molar-refractivity contribution in [3.63, 3.8) is 0 Å². The van der Waals surface area contributed by atoms with E-state index in [4.69, 9.17) is 18.9 Å². The molecule has 0 spiro atoms. The molecule has 2 rings (SSSR count). The smallest absolute Gasteiger partial charge is 0.409 e. The van der Waals surface area contributed by atoms with E-state index in [0.717, 1.165) is 11.8 Å². The average molecular weight is 309 g/mol. The fourth-order valence-electron chi connectivity index (χ4n) is 2.23. The summed E-state index contributed by atoms with van der Waals surface area (Å²) in [5.41, 5.74) is 1.14. The lowest BCUT2D eigenvalue weighted by Crippen LogP contribution is -2.29. The number of carbonyl (C=O) groups excluding carboxylic acids is 2. The quantitative estimate of drug-likeness (QED) is 0.747. The van der Waals surface area contributed by atoms with Crippen LogP contribution in [0.25, 0.3) is 0 Å². The summed E-state index contributed by atoms with van der Waals surface area (Å²) in [7, 11) is 3.11. The Labute approximate surface area is 128 Å². The summed E-state index contributed by atoms with van der Waals surface area (Å²) in [6.45, 7) is 2.57. The van der Waals surface area contributed by atoms with Gasteiger partial charge in [-0.25, -0.2) is 4.79 Å². The van der Waals surface area contributed by atoms with E-state index in [1.807, 2.05) is 0 Å². The largest absolute Gasteiger partial charge is 0.492 e. The van der Waals surface area contributed by atoms with Crippen LogP contribution < -0.4 is 14.2 Å². The van der Waals surface area contributed by atoms with Gasteiger partial charge in [-0.15, -0.1) is 0 Å². The summed E-state index contributed by atoms with van der Waals surface area (Å²) in [6.07, 6.45) is 0.791. The van der Waals surface area contributed by atoms with Crippen molar-refractivity contribution in [2.45, 2.75) is 13.3 Å². The van der Waals surface area contributed by atoms with Crippen molar-refractivity contribution >= 4 is 12.4 Å². The normalized spacial score (nSPS) is 12.0. The van der Waals surface area contributed by atoms with Crippen LogP contribution in [0.15, 0.2) is 6.07 Å². The minimum absolute atomic E-state index is 0.0934. The third kappa shape index (κ3) is 3.08. The number of amides is 1. The summed E-state index contributed by atoms with van der Waals surface area (Å²) in [6, 6.07) is 1.74. The van der Waals surface area contributed by atoms with Crippen molar-refractivity contribution in [1.29, 1.82) is 0 Å². The molecular formula is C15H19NO6. The van der Waals surface area contributed by atoms with Gasteiger partial charge in [0.2, 0.25) is 12.5 Å². The highest BCUT2D eigenvalue weighted by Crippen LogP contribution is 2.44. The number of hydrogen-bond acceptors (Lipinski definition) is 6. The van der Waals surface area contributed by atoms with Crippen molar-refractivity contribution in [3.8, 4) is 17.2 Å². The van der Waals surface area contributed by atoms with Crippen LogP contribution in [0.4, 0.5) is 4.79 Å². The van der Waals surface area contributed by atoms with Gasteiger partial charge in [-0.3, -0.25) is 4.79 Å². The molecule has 1 amide bonds. The maximum absolute atomic E-state index is 11.6. The zero-order valence-corrected chi connectivity index (χ0v) is 12.9. The van der Waals surface area contributed by atoms with Gasteiger partial charge in [0, 0.05) is 13.6 Å². The van der Waals surface area contributed by atoms with Crippen LogP contribution in [0, 0.1) is 0 Å². The van der Waals surface area contributed by atoms with Crippen molar-refractivity contribution in [1.82, 2.24) is 4.90 Å². The summed E-state index contributed by atoms with van der Waals surface area (Å²) in [4.78, 5) is 24.5. The summed E-state index contributed by atoms with van der Waals surface area (Å²) >= 11 is 0. The predicted molar refractivity (Wildman–Crippen MR) is 77.9 cm³/mol. The number of ether oxygens (including phenoxy) is 4. The first kappa shape index (κ1) is 15.9. The van der Waals surface area contributed by atoms with Crippen LogP contribution in [-0.4, -0.2) is 51.4 Å². The van der Waals surface area contributed by atoms with E-state index in [2.05, 4.69) is 0 Å². The molecule has 0 aromatic heterocycles. The number of hydrogen-bond donors (Lipinski definition) is 0. The number of nitrogens with zero attached hydrogens (tertiary/aromatic N) is 1. The van der Waals surface area contributed by atoms with Crippen LogP contribution in [0.5, 0.6) is 17.2 Å². The Balaban J connectivity index is 2.20. The third-order valence-corrected chi connectivity index (χ3v) is 3.36. The van der Waals surface area contributed by atoms with Gasteiger partial charge in [-0.1, -0.05) is 0 Å². The molecule has 22 heavy (non-hydrogen) atoms. The molecule has 0 fully saturated rings. The zero-order chi connectivity index (χ0) is 16.1. The zero-order valence-electron chi connectivity index (χ0n) is 12.9. The Morgan fingerprint density at radius 2 is 2.23 bits per heavy atom. The molecule has 1 aliphatic rings. The molecule has 0 saturated carbocycles. The second kappa shape index (κ2) is 7.02. The van der Waals surface area contributed by atoms with E-state index in [1.54, 1.807) is 20.0 Å². The Kier molecular flexibility index (Phi) is 5.08. The second-order valence-corrected chi connectivity index (χ2v) is 4.70. The van der Waals surface area contributed by atoms with E-state index in [0.29, 0.717) is 42.4 Å². The fourth-order valence-corrected chi connectivity index (χ4v) is 2.23. The summed E-state index contributed by atoms with van der Waals surface area (Å²) in [5.74, 6) is 1.34. The van der Waals surface area contributed by atoms with E-state index < -0.39 is 6.09 Å². The van der Waals surface area contributed by atoms with E-state index in [9.17, 15) is 9.59 Å². The van der Waals surface area contributed by atoms with E-state index in [-0.39, 0.29) is 6.79 Å². The maximum Gasteiger partial charge on any atom is 0.409 e. The SMILES string of the molecule is CCOC(=O)N(C)CCc1cc2c(c(OC)c1C=O)OCO2. The molecule has 7 heteroatoms. The van der Waals surface area contributed by atoms with Crippen molar-refractivity contribution < 1.29 is 28.5 Å². The summed E-state index contributed by atoms with van der Waals surface area (Å²) < 4.78 is 20.9. The molecule has 0 saturated heterocycles. The highest BCUT2D eigenvalue weighted by atomic mass is 16.7. The van der Waals surface area contributed by atoms with Gasteiger partial charge in [-0.2, -0.15) is 0 Å². The lowest BCUT2D eigenvalue weighted by atomic mass is 10.0. The molecule has 120 valence electrons. The second-order valence-electron chi connectivity index (χ2n) is 4.70. The van der Waals surface area contributed by atoms with Crippen LogP contribution in [0.2, 0.25) is 0 Å². The molecule has 7 nitrogen and oxygen atoms in total. The molecule has 0 radical (unpaired) electrons. The molecule has 0 bridgehead atoms. The Hall–Kier alpha value is -2.44. The first-order valence-corrected chi connectivity index (χ1v) is 6.94. The molecule has 1 aromatic carbocycles. The topological polar surface area (TPSA) is 74.3 Å². The molecule has 1 heterocycles. The van der Waals surface area contributed by atoms with Crippen molar-refractivity contribution in [2.24, 2.45) is 0 Å². The fraction of sp³-hybridized carbons (Fsp3) is 0.467. The number of aldehydes is 1. The van der Waals surface area contributed by atoms with Gasteiger partial charge in [-0.05, 0) is 25.0 Å². The van der Waals surface area contributed by atoms with E-state index in [1.165, 1.54) is 12.0 Å². The minimum atomic E-state index is -0.400. The van der Waals surface area contributed by atoms with Gasteiger partial charge >= 0.3 is 6.09 Å². The van der Waals surface area contributed by atoms with Crippen LogP contribution >= 0.6 is 0 Å². The van der Waals surface area contributed by atoms with Gasteiger partial charge in [0.25, 0.3) is 0 Å². The Bertz CT molecular complexity index is 572. The number of likely N-dealkylation sites (N-methyl/N-ethyl adjacent to an activating group) is 1. The molecule has 0 N–H and O–H groups in total. The highest BCUT2D eigenvalue weighted by Gasteiger charge is 2.25. The molecular weight excluding hydrogens is 290 g/mol. The monoisotopic (exact) mass is 309 g/mol. The number of rotatable bonds is 6. The lowest BCUT2D eigenvalue weighted by Gasteiger charge is -2.18. The molecule has 0 atom stereocenters. The number of fused-ring (bicyclic) bond motifs is 1. The molecule has 0 unspecified atom stereocenters. The first-order chi connectivity index (χ1) is 10.6. The summed E-state index contributed by atoms with van der Waals surface area (Å²) in [5, 5.41) is 0. The van der Waals surface area contributed by atoms with Gasteiger partial charge in [0.15, 0.2) is 17.8 Å². The van der Waals surface area contributed by atoms with Crippen molar-refractivity contribution in [3.05, 3.63) is 17.2 Å². The lowest BCUT2D eigenvalue weighted by molar-refractivity contribution is 0.111. The average Bonchev–Trinajstić information content (AvgIpc) is 2.98. The maximum atomic E-state index is 11.6. The molecule has 1 aliphatic heterocycles. The number of carbonyl (C=O) groups is 2. The Morgan fingerprint density at radius 3 is 2.86 bits per heavy atom. The van der Waals surface area contributed by atoms with Gasteiger partial charge in [0.1, 0.15) is 0 Å². The van der Waals surface area contributed by atoms with Gasteiger partial charge in [0.05, 0.1) is 19.3 Å². The predicted octanol–water partition coefficient (Wildman–Crippen LogP) is 1.87. The molecule has 0 aliphatic carbocycles. The van der Waals surface area contributed by atoms with E-state index >= 15 is 0 Å². The molecule has 1 aromatic rings. The van der Waals surface area contributed by atoms with Gasteiger partial charge < -0.3 is 23.8 Å². The van der Waals surface area contributed by atoms with Crippen LogP contribution in [0.3, 0.4) is 0 Å². The number of benzene rings is 1. The highest BCUT2D eigenvalue weighted by molar-refractivity contribution is 5.85. The van der Waals surface area contributed by atoms with Crippen molar-refractivity contribution in [2.75, 3.05) is 34.1 Å². The standard InChI is InChI=1S/C15H19NO6/c1-4-20-15(18)16(2)6-5-10-7-12-14(22-9-21-12)13(19-3)11(10)8-17/h7-8H,4-6,9H2,1-3H3. The Morgan fingerprint density at radius 1 is 1.45 bits per heavy atom. The third-order valence-electron chi connectivity index (χ3n) is 3.36.